The van der Waals surface area contributed by atoms with Crippen LogP contribution in [0, 0.1) is 6.92 Å². The number of alkyl halides is 1. The Morgan fingerprint density at radius 2 is 1.88 bits per heavy atom. The van der Waals surface area contributed by atoms with Gasteiger partial charge in [0.05, 0.1) is 0 Å². The molecular weight excluding hydrogens is 342 g/mol. The lowest BCUT2D eigenvalue weighted by Gasteiger charge is -2.11. The topological polar surface area (TPSA) is 12.9 Å². The molecule has 0 aliphatic carbocycles. The molecule has 1 nitrogen and oxygen atoms in total. The lowest BCUT2D eigenvalue weighted by molar-refractivity contribution is 0.892. The van der Waals surface area contributed by atoms with Gasteiger partial charge in [0.2, 0.25) is 0 Å². The van der Waals surface area contributed by atoms with Crippen molar-refractivity contribution in [1.82, 2.24) is 4.98 Å². The molecule has 88 valence electrons. The summed E-state index contributed by atoms with van der Waals surface area (Å²) in [5.74, 6) is 0. The lowest BCUT2D eigenvalue weighted by atomic mass is 10.1. The van der Waals surface area contributed by atoms with Gasteiger partial charge in [0.25, 0.3) is 0 Å². The van der Waals surface area contributed by atoms with Crippen LogP contribution in [0.25, 0.3) is 0 Å². The zero-order valence-corrected chi connectivity index (χ0v) is 12.7. The highest BCUT2D eigenvalue weighted by molar-refractivity contribution is 9.10. The first-order valence-electron chi connectivity index (χ1n) is 5.47. The molecule has 2 rings (SSSR count). The average molecular weight is 355 g/mol. The molecule has 0 aliphatic heterocycles. The Hall–Kier alpha value is -0.670. The average Bonchev–Trinajstić information content (AvgIpc) is 2.33. The Labute approximate surface area is 119 Å². The molecule has 0 aliphatic rings. The van der Waals surface area contributed by atoms with E-state index in [9.17, 15) is 0 Å². The summed E-state index contributed by atoms with van der Waals surface area (Å²) in [6.45, 7) is 2.10. The summed E-state index contributed by atoms with van der Waals surface area (Å²) in [6.07, 6.45) is 2.76. The van der Waals surface area contributed by atoms with Gasteiger partial charge >= 0.3 is 0 Å². The van der Waals surface area contributed by atoms with E-state index in [2.05, 4.69) is 74.1 Å². The molecule has 0 N–H and O–H groups in total. The summed E-state index contributed by atoms with van der Waals surface area (Å²) >= 11 is 7.17. The number of halogens is 2. The van der Waals surface area contributed by atoms with Crippen LogP contribution in [0.15, 0.2) is 47.1 Å². The number of nitrogens with zero attached hydrogens (tertiary/aromatic N) is 1. The fourth-order valence-corrected chi connectivity index (χ4v) is 2.57. The Kier molecular flexibility index (Phi) is 4.35. The number of rotatable bonds is 3. The third kappa shape index (κ3) is 3.39. The highest BCUT2D eigenvalue weighted by Crippen LogP contribution is 2.28. The number of aromatic nitrogens is 1. The van der Waals surface area contributed by atoms with Crippen molar-refractivity contribution >= 4 is 31.9 Å². The fourth-order valence-electron chi connectivity index (χ4n) is 1.69. The van der Waals surface area contributed by atoms with Crippen LogP contribution in [-0.4, -0.2) is 4.98 Å². The van der Waals surface area contributed by atoms with Crippen molar-refractivity contribution in [2.75, 3.05) is 0 Å². The molecule has 17 heavy (non-hydrogen) atoms. The minimum atomic E-state index is 0.309. The van der Waals surface area contributed by atoms with E-state index < -0.39 is 0 Å². The van der Waals surface area contributed by atoms with Gasteiger partial charge < -0.3 is 0 Å². The van der Waals surface area contributed by atoms with Crippen LogP contribution in [0.5, 0.6) is 0 Å². The van der Waals surface area contributed by atoms with E-state index in [1.165, 1.54) is 11.1 Å². The van der Waals surface area contributed by atoms with Gasteiger partial charge in [-0.3, -0.25) is 4.98 Å². The van der Waals surface area contributed by atoms with E-state index in [4.69, 9.17) is 0 Å². The van der Waals surface area contributed by atoms with Gasteiger partial charge in [0, 0.05) is 27.6 Å². The molecule has 0 spiro atoms. The molecule has 0 saturated heterocycles. The molecule has 1 heterocycles. The first kappa shape index (κ1) is 12.8. The van der Waals surface area contributed by atoms with Crippen molar-refractivity contribution in [3.05, 3.63) is 63.9 Å². The largest absolute Gasteiger partial charge is 0.261 e. The third-order valence-corrected chi connectivity index (χ3v) is 4.10. The van der Waals surface area contributed by atoms with E-state index >= 15 is 0 Å². The Morgan fingerprint density at radius 1 is 1.18 bits per heavy atom. The highest BCUT2D eigenvalue weighted by atomic mass is 79.9. The predicted octanol–water partition coefficient (Wildman–Crippen LogP) is 4.83. The van der Waals surface area contributed by atoms with Crippen LogP contribution >= 0.6 is 31.9 Å². The van der Waals surface area contributed by atoms with Crippen molar-refractivity contribution in [1.29, 1.82) is 0 Å². The van der Waals surface area contributed by atoms with Gasteiger partial charge in [-0.2, -0.15) is 0 Å². The summed E-state index contributed by atoms with van der Waals surface area (Å²) < 4.78 is 1.11. The smallest absolute Gasteiger partial charge is 0.0450 e. The van der Waals surface area contributed by atoms with Gasteiger partial charge in [-0.05, 0) is 36.2 Å². The van der Waals surface area contributed by atoms with E-state index in [-0.39, 0.29) is 0 Å². The molecule has 0 bridgehead atoms. The molecule has 3 heteroatoms. The molecular formula is C14H13Br2N. The minimum Gasteiger partial charge on any atom is -0.261 e. The summed E-state index contributed by atoms with van der Waals surface area (Å²) in [4.78, 5) is 4.73. The number of hydrogen-bond donors (Lipinski definition) is 0. The maximum absolute atomic E-state index is 4.42. The zero-order valence-electron chi connectivity index (χ0n) is 9.53. The van der Waals surface area contributed by atoms with Gasteiger partial charge in [-0.15, -0.1) is 0 Å². The molecule has 1 aromatic heterocycles. The quantitative estimate of drug-likeness (QED) is 0.719. The second-order valence-electron chi connectivity index (χ2n) is 3.99. The number of benzene rings is 1. The first-order chi connectivity index (χ1) is 8.16. The molecule has 1 unspecified atom stereocenters. The van der Waals surface area contributed by atoms with Crippen molar-refractivity contribution in [2.24, 2.45) is 0 Å². The van der Waals surface area contributed by atoms with E-state index in [1.807, 2.05) is 12.3 Å². The standard InChI is InChI=1S/C14H13Br2N/c1-10-3-2-8-17-14(10)9-13(16)11-4-6-12(15)7-5-11/h2-8,13H,9H2,1H3. The monoisotopic (exact) mass is 353 g/mol. The molecule has 0 amide bonds. The van der Waals surface area contributed by atoms with E-state index in [0.29, 0.717) is 4.83 Å². The molecule has 0 saturated carbocycles. The van der Waals surface area contributed by atoms with Crippen LogP contribution in [0.4, 0.5) is 0 Å². The molecule has 0 radical (unpaired) electrons. The Bertz CT molecular complexity index is 494. The van der Waals surface area contributed by atoms with Crippen LogP contribution in [-0.2, 0) is 6.42 Å². The lowest BCUT2D eigenvalue weighted by Crippen LogP contribution is -1.99. The predicted molar refractivity (Wildman–Crippen MR) is 78.5 cm³/mol. The maximum atomic E-state index is 4.42. The molecule has 1 atom stereocenters. The van der Waals surface area contributed by atoms with Crippen molar-refractivity contribution in [2.45, 2.75) is 18.2 Å². The third-order valence-electron chi connectivity index (χ3n) is 2.72. The molecule has 2 aromatic rings. The van der Waals surface area contributed by atoms with E-state index in [1.54, 1.807) is 0 Å². The summed E-state index contributed by atoms with van der Waals surface area (Å²) in [7, 11) is 0. The normalized spacial score (nSPS) is 12.4. The first-order valence-corrected chi connectivity index (χ1v) is 7.17. The zero-order chi connectivity index (χ0) is 12.3. The fraction of sp³-hybridized carbons (Fsp3) is 0.214. The number of aryl methyl sites for hydroxylation is 1. The van der Waals surface area contributed by atoms with Gasteiger partial charge in [0.1, 0.15) is 0 Å². The van der Waals surface area contributed by atoms with Crippen molar-refractivity contribution in [3.63, 3.8) is 0 Å². The summed E-state index contributed by atoms with van der Waals surface area (Å²) in [5.41, 5.74) is 3.67. The SMILES string of the molecule is Cc1cccnc1CC(Br)c1ccc(Br)cc1. The molecule has 1 aromatic carbocycles. The Morgan fingerprint density at radius 3 is 2.53 bits per heavy atom. The highest BCUT2D eigenvalue weighted by Gasteiger charge is 2.10. The summed E-state index contributed by atoms with van der Waals surface area (Å²) in [5, 5.41) is 0. The van der Waals surface area contributed by atoms with Crippen LogP contribution in [0.1, 0.15) is 21.6 Å². The Balaban J connectivity index is 2.14. The van der Waals surface area contributed by atoms with Crippen molar-refractivity contribution in [3.8, 4) is 0 Å². The minimum absolute atomic E-state index is 0.309. The summed E-state index contributed by atoms with van der Waals surface area (Å²) in [6, 6.07) is 12.5. The maximum Gasteiger partial charge on any atom is 0.0450 e. The van der Waals surface area contributed by atoms with Crippen LogP contribution < -0.4 is 0 Å². The van der Waals surface area contributed by atoms with E-state index in [0.717, 1.165) is 16.6 Å². The van der Waals surface area contributed by atoms with Gasteiger partial charge in [0.15, 0.2) is 0 Å². The van der Waals surface area contributed by atoms with Crippen molar-refractivity contribution < 1.29 is 0 Å². The number of hydrogen-bond acceptors (Lipinski definition) is 1. The second-order valence-corrected chi connectivity index (χ2v) is 6.01. The molecule has 0 fully saturated rings. The second kappa shape index (κ2) is 5.78. The van der Waals surface area contributed by atoms with Gasteiger partial charge in [-0.25, -0.2) is 0 Å². The van der Waals surface area contributed by atoms with Crippen LogP contribution in [0.2, 0.25) is 0 Å². The van der Waals surface area contributed by atoms with Crippen LogP contribution in [0.3, 0.4) is 0 Å². The van der Waals surface area contributed by atoms with Gasteiger partial charge in [-0.1, -0.05) is 50.1 Å². The number of pyridine rings is 1.